The van der Waals surface area contributed by atoms with Crippen LogP contribution in [0.5, 0.6) is 0 Å². The van der Waals surface area contributed by atoms with Gasteiger partial charge in [-0.05, 0) is 74.6 Å². The molecule has 3 fully saturated rings. The van der Waals surface area contributed by atoms with E-state index in [4.69, 9.17) is 4.52 Å². The number of benzene rings is 2. The fourth-order valence-corrected chi connectivity index (χ4v) is 7.93. The molecule has 3 unspecified atom stereocenters. The standard InChI is InChI=1S/C35H45N3O3/c39-35(40)34(29-14-8-3-9-15-29)38-23-31(32(24-38)27-12-6-2-7-13-27)22-37-20-18-28(19-21-37)33-30(25-41-36-33)17-16-26-10-4-1-5-11-26/h1-2,4-7,10-13,25,28-29,31-32,34H,3,8-9,14-24H2,(H,39,40). The Balaban J connectivity index is 1.09. The van der Waals surface area contributed by atoms with Crippen LogP contribution in [0.2, 0.25) is 0 Å². The van der Waals surface area contributed by atoms with Crippen molar-refractivity contribution in [2.75, 3.05) is 32.7 Å². The number of carboxylic acid groups (broad SMARTS) is 1. The molecule has 3 heterocycles. The maximum Gasteiger partial charge on any atom is 0.321 e. The van der Waals surface area contributed by atoms with Gasteiger partial charge in [0.15, 0.2) is 0 Å². The zero-order valence-electron chi connectivity index (χ0n) is 24.2. The van der Waals surface area contributed by atoms with Gasteiger partial charge in [0.25, 0.3) is 0 Å². The predicted molar refractivity (Wildman–Crippen MR) is 161 cm³/mol. The monoisotopic (exact) mass is 555 g/mol. The van der Waals surface area contributed by atoms with Crippen molar-refractivity contribution >= 4 is 5.97 Å². The van der Waals surface area contributed by atoms with E-state index in [9.17, 15) is 9.90 Å². The number of carbonyl (C=O) groups is 1. The number of aryl methyl sites for hydroxylation is 2. The minimum Gasteiger partial charge on any atom is -0.480 e. The molecule has 0 amide bonds. The number of hydrogen-bond donors (Lipinski definition) is 1. The van der Waals surface area contributed by atoms with Gasteiger partial charge in [0.2, 0.25) is 0 Å². The Hall–Kier alpha value is -2.96. The Morgan fingerprint density at radius 1 is 0.902 bits per heavy atom. The van der Waals surface area contributed by atoms with E-state index >= 15 is 0 Å². The summed E-state index contributed by atoms with van der Waals surface area (Å²) in [6.07, 6.45) is 11.7. The molecule has 0 bridgehead atoms. The van der Waals surface area contributed by atoms with Crippen LogP contribution in [0.15, 0.2) is 71.4 Å². The lowest BCUT2D eigenvalue weighted by atomic mass is 9.83. The van der Waals surface area contributed by atoms with Crippen molar-refractivity contribution in [3.8, 4) is 0 Å². The molecule has 1 N–H and O–H groups in total. The molecule has 6 heteroatoms. The maximum atomic E-state index is 12.6. The van der Waals surface area contributed by atoms with Gasteiger partial charge >= 0.3 is 5.97 Å². The highest BCUT2D eigenvalue weighted by atomic mass is 16.5. The number of aromatic nitrogens is 1. The van der Waals surface area contributed by atoms with Crippen molar-refractivity contribution in [2.45, 2.75) is 75.7 Å². The predicted octanol–water partition coefficient (Wildman–Crippen LogP) is 6.39. The van der Waals surface area contributed by atoms with Gasteiger partial charge < -0.3 is 14.5 Å². The fraction of sp³-hybridized carbons (Fsp3) is 0.543. The number of likely N-dealkylation sites (tertiary alicyclic amines) is 2. The molecule has 1 aromatic heterocycles. The van der Waals surface area contributed by atoms with Crippen LogP contribution in [0.25, 0.3) is 0 Å². The highest BCUT2D eigenvalue weighted by molar-refractivity contribution is 5.74. The van der Waals surface area contributed by atoms with Crippen LogP contribution < -0.4 is 0 Å². The first-order chi connectivity index (χ1) is 20.2. The molecule has 2 aromatic carbocycles. The number of piperidine rings is 1. The molecule has 0 radical (unpaired) electrons. The summed E-state index contributed by atoms with van der Waals surface area (Å²) < 4.78 is 5.47. The molecular weight excluding hydrogens is 510 g/mol. The van der Waals surface area contributed by atoms with Crippen LogP contribution in [-0.4, -0.2) is 64.8 Å². The number of aliphatic carboxylic acids is 1. The van der Waals surface area contributed by atoms with Crippen molar-refractivity contribution in [3.05, 3.63) is 89.3 Å². The SMILES string of the molecule is O=C(O)C(C1CCCCC1)N1CC(CN2CCC(c3nocc3CCc3ccccc3)CC2)C(c2ccccc2)C1. The molecular formula is C35H45N3O3. The van der Waals surface area contributed by atoms with Crippen LogP contribution in [0, 0.1) is 11.8 Å². The van der Waals surface area contributed by atoms with E-state index in [0.717, 1.165) is 76.9 Å². The first-order valence-corrected chi connectivity index (χ1v) is 15.9. The lowest BCUT2D eigenvalue weighted by Crippen LogP contribution is -2.46. The normalized spacial score (nSPS) is 24.0. The second-order valence-corrected chi connectivity index (χ2v) is 12.7. The second kappa shape index (κ2) is 13.3. The second-order valence-electron chi connectivity index (χ2n) is 12.7. The fourth-order valence-electron chi connectivity index (χ4n) is 7.93. The summed E-state index contributed by atoms with van der Waals surface area (Å²) >= 11 is 0. The Kier molecular flexibility index (Phi) is 9.17. The molecule has 1 aliphatic carbocycles. The Morgan fingerprint density at radius 3 is 2.32 bits per heavy atom. The molecule has 6 rings (SSSR count). The third-order valence-electron chi connectivity index (χ3n) is 10.1. The van der Waals surface area contributed by atoms with E-state index in [2.05, 4.69) is 75.6 Å². The lowest BCUT2D eigenvalue weighted by Gasteiger charge is -2.35. The topological polar surface area (TPSA) is 69.8 Å². The number of carboxylic acids is 1. The zero-order chi connectivity index (χ0) is 28.0. The molecule has 218 valence electrons. The van der Waals surface area contributed by atoms with Crippen LogP contribution in [0.4, 0.5) is 0 Å². The van der Waals surface area contributed by atoms with Crippen molar-refractivity contribution < 1.29 is 14.4 Å². The first kappa shape index (κ1) is 28.2. The van der Waals surface area contributed by atoms with Crippen molar-refractivity contribution in [1.82, 2.24) is 15.0 Å². The highest BCUT2D eigenvalue weighted by Gasteiger charge is 2.43. The van der Waals surface area contributed by atoms with Crippen molar-refractivity contribution in [2.24, 2.45) is 11.8 Å². The Labute approximate surface area is 244 Å². The summed E-state index contributed by atoms with van der Waals surface area (Å²) in [5, 5.41) is 14.8. The summed E-state index contributed by atoms with van der Waals surface area (Å²) in [5.74, 6) is 0.919. The molecule has 2 saturated heterocycles. The smallest absolute Gasteiger partial charge is 0.321 e. The zero-order valence-corrected chi connectivity index (χ0v) is 24.2. The quantitative estimate of drug-likeness (QED) is 0.313. The summed E-state index contributed by atoms with van der Waals surface area (Å²) in [4.78, 5) is 17.5. The largest absolute Gasteiger partial charge is 0.480 e. The molecule has 3 atom stereocenters. The maximum absolute atomic E-state index is 12.6. The first-order valence-electron chi connectivity index (χ1n) is 15.9. The lowest BCUT2D eigenvalue weighted by molar-refractivity contribution is -0.145. The average molecular weight is 556 g/mol. The molecule has 3 aromatic rings. The summed E-state index contributed by atoms with van der Waals surface area (Å²) in [7, 11) is 0. The van der Waals surface area contributed by atoms with Gasteiger partial charge in [0.05, 0.1) is 5.69 Å². The van der Waals surface area contributed by atoms with E-state index in [1.54, 1.807) is 0 Å². The van der Waals surface area contributed by atoms with Gasteiger partial charge in [-0.2, -0.15) is 0 Å². The number of rotatable bonds is 10. The van der Waals surface area contributed by atoms with E-state index in [1.165, 1.54) is 36.0 Å². The summed E-state index contributed by atoms with van der Waals surface area (Å²) in [6.45, 7) is 4.86. The van der Waals surface area contributed by atoms with Crippen molar-refractivity contribution in [3.63, 3.8) is 0 Å². The van der Waals surface area contributed by atoms with Gasteiger partial charge in [0, 0.05) is 37.0 Å². The van der Waals surface area contributed by atoms with E-state index < -0.39 is 5.97 Å². The molecule has 2 aliphatic heterocycles. The van der Waals surface area contributed by atoms with Gasteiger partial charge in [-0.15, -0.1) is 0 Å². The summed E-state index contributed by atoms with van der Waals surface area (Å²) in [5.41, 5.74) is 5.12. The van der Waals surface area contributed by atoms with Crippen molar-refractivity contribution in [1.29, 1.82) is 0 Å². The van der Waals surface area contributed by atoms with Crippen LogP contribution >= 0.6 is 0 Å². The third-order valence-corrected chi connectivity index (χ3v) is 10.1. The van der Waals surface area contributed by atoms with E-state index in [1.807, 2.05) is 6.26 Å². The highest BCUT2D eigenvalue weighted by Crippen LogP contribution is 2.39. The summed E-state index contributed by atoms with van der Waals surface area (Å²) in [6, 6.07) is 21.1. The molecule has 0 spiro atoms. The van der Waals surface area contributed by atoms with Crippen LogP contribution in [-0.2, 0) is 17.6 Å². The van der Waals surface area contributed by atoms with E-state index in [0.29, 0.717) is 17.8 Å². The molecule has 3 aliphatic rings. The van der Waals surface area contributed by atoms with Gasteiger partial charge in [-0.1, -0.05) is 85.1 Å². The molecule has 6 nitrogen and oxygen atoms in total. The minimum absolute atomic E-state index is 0.283. The van der Waals surface area contributed by atoms with E-state index in [-0.39, 0.29) is 12.0 Å². The Bertz CT molecular complexity index is 1230. The van der Waals surface area contributed by atoms with Gasteiger partial charge in [-0.3, -0.25) is 9.69 Å². The number of hydrogen-bond acceptors (Lipinski definition) is 5. The van der Waals surface area contributed by atoms with Gasteiger partial charge in [-0.25, -0.2) is 0 Å². The minimum atomic E-state index is -0.624. The number of nitrogens with zero attached hydrogens (tertiary/aromatic N) is 3. The third kappa shape index (κ3) is 6.76. The van der Waals surface area contributed by atoms with Crippen LogP contribution in [0.1, 0.15) is 79.2 Å². The average Bonchev–Trinajstić information content (AvgIpc) is 3.65. The van der Waals surface area contributed by atoms with Gasteiger partial charge in [0.1, 0.15) is 12.3 Å². The van der Waals surface area contributed by atoms with Crippen LogP contribution in [0.3, 0.4) is 0 Å². The molecule has 41 heavy (non-hydrogen) atoms. The Morgan fingerprint density at radius 2 is 1.61 bits per heavy atom. The molecule has 1 saturated carbocycles.